The summed E-state index contributed by atoms with van der Waals surface area (Å²) >= 11 is 0. The lowest BCUT2D eigenvalue weighted by atomic mass is 10.6. The van der Waals surface area contributed by atoms with Gasteiger partial charge in [0.15, 0.2) is 0 Å². The first-order chi connectivity index (χ1) is 6.55. The van der Waals surface area contributed by atoms with E-state index in [0.29, 0.717) is 0 Å². The number of hydrazine groups is 2. The minimum atomic E-state index is -5.27. The SMILES string of the molecule is O=C(NNNC(=O)C(F)(F)F)C(F)(F)F. The Morgan fingerprint density at radius 2 is 1.00 bits per heavy atom. The van der Waals surface area contributed by atoms with Crippen LogP contribution in [0.2, 0.25) is 0 Å². The van der Waals surface area contributed by atoms with Gasteiger partial charge in [-0.05, 0) is 0 Å². The molecule has 0 heterocycles. The molecule has 11 heteroatoms. The van der Waals surface area contributed by atoms with Crippen molar-refractivity contribution in [1.29, 1.82) is 0 Å². The van der Waals surface area contributed by atoms with Crippen molar-refractivity contribution in [1.82, 2.24) is 16.4 Å². The normalized spacial score (nSPS) is 12.1. The Kier molecular flexibility index (Phi) is 3.90. The molecule has 5 nitrogen and oxygen atoms in total. The highest BCUT2D eigenvalue weighted by Crippen LogP contribution is 2.14. The molecule has 2 amide bonds. The highest BCUT2D eigenvalue weighted by molar-refractivity contribution is 5.83. The van der Waals surface area contributed by atoms with Crippen LogP contribution in [0.4, 0.5) is 26.3 Å². The fraction of sp³-hybridized carbons (Fsp3) is 0.500. The van der Waals surface area contributed by atoms with Crippen molar-refractivity contribution in [3.63, 3.8) is 0 Å². The van der Waals surface area contributed by atoms with Crippen molar-refractivity contribution in [3.8, 4) is 0 Å². The minimum absolute atomic E-state index is 0.780. The molecule has 0 radical (unpaired) electrons. The molecule has 0 spiro atoms. The van der Waals surface area contributed by atoms with E-state index in [1.54, 1.807) is 0 Å². The molecule has 0 rings (SSSR count). The number of rotatable bonds is 2. The summed E-state index contributed by atoms with van der Waals surface area (Å²) in [5, 5.41) is 0. The number of amides is 2. The van der Waals surface area contributed by atoms with Gasteiger partial charge in [0.1, 0.15) is 0 Å². The second-order valence-electron chi connectivity index (χ2n) is 2.03. The Bertz CT molecular complexity index is 232. The molecule has 0 aromatic rings. The summed E-state index contributed by atoms with van der Waals surface area (Å²) in [6, 6.07) is 0. The largest absolute Gasteiger partial charge is 0.472 e. The molecule has 0 aromatic carbocycles. The van der Waals surface area contributed by atoms with Gasteiger partial charge < -0.3 is 0 Å². The summed E-state index contributed by atoms with van der Waals surface area (Å²) < 4.78 is 68.5. The van der Waals surface area contributed by atoms with E-state index >= 15 is 0 Å². The van der Waals surface area contributed by atoms with Crippen LogP contribution in [-0.4, -0.2) is 24.2 Å². The van der Waals surface area contributed by atoms with Crippen molar-refractivity contribution < 1.29 is 35.9 Å². The molecule has 15 heavy (non-hydrogen) atoms. The van der Waals surface area contributed by atoms with E-state index in [1.807, 2.05) is 0 Å². The molecule has 0 bridgehead atoms. The van der Waals surface area contributed by atoms with Gasteiger partial charge in [-0.1, -0.05) is 0 Å². The maximum atomic E-state index is 11.4. The average Bonchev–Trinajstić information content (AvgIpc) is 2.00. The number of alkyl halides is 6. The van der Waals surface area contributed by atoms with Crippen molar-refractivity contribution >= 4 is 11.8 Å². The molecule has 0 atom stereocenters. The maximum absolute atomic E-state index is 11.4. The number of nitrogens with one attached hydrogen (secondary N) is 3. The van der Waals surface area contributed by atoms with Crippen LogP contribution in [0.3, 0.4) is 0 Å². The number of hydrogen-bond acceptors (Lipinski definition) is 3. The van der Waals surface area contributed by atoms with Gasteiger partial charge in [0.25, 0.3) is 0 Å². The summed E-state index contributed by atoms with van der Waals surface area (Å²) in [6.45, 7) is 0. The monoisotopic (exact) mass is 239 g/mol. The Labute approximate surface area is 77.7 Å². The summed E-state index contributed by atoms with van der Waals surface area (Å²) in [6.07, 6.45) is -10.5. The van der Waals surface area contributed by atoms with Gasteiger partial charge in [0, 0.05) is 0 Å². The smallest absolute Gasteiger partial charge is 0.266 e. The van der Waals surface area contributed by atoms with Crippen molar-refractivity contribution in [2.75, 3.05) is 0 Å². The molecule has 0 aromatic heterocycles. The lowest BCUT2D eigenvalue weighted by molar-refractivity contribution is -0.179. The first kappa shape index (κ1) is 13.5. The van der Waals surface area contributed by atoms with Gasteiger partial charge in [-0.15, -0.1) is 5.53 Å². The highest BCUT2D eigenvalue weighted by Gasteiger charge is 2.40. The number of halogens is 6. The van der Waals surface area contributed by atoms with Crippen molar-refractivity contribution in [3.05, 3.63) is 0 Å². The lowest BCUT2D eigenvalue weighted by Gasteiger charge is -2.11. The fourth-order valence-corrected chi connectivity index (χ4v) is 0.287. The van der Waals surface area contributed by atoms with Crippen molar-refractivity contribution in [2.45, 2.75) is 12.4 Å². The van der Waals surface area contributed by atoms with Crippen molar-refractivity contribution in [2.24, 2.45) is 0 Å². The first-order valence-corrected chi connectivity index (χ1v) is 3.04. The average molecular weight is 239 g/mol. The molecule has 0 fully saturated rings. The van der Waals surface area contributed by atoms with E-state index in [0.717, 1.165) is 16.4 Å². The van der Waals surface area contributed by atoms with Crippen LogP contribution in [0.25, 0.3) is 0 Å². The lowest BCUT2D eigenvalue weighted by Crippen LogP contribution is -2.55. The summed E-state index contributed by atoms with van der Waals surface area (Å²) in [7, 11) is 0. The van der Waals surface area contributed by atoms with E-state index in [2.05, 4.69) is 0 Å². The third-order valence-corrected chi connectivity index (χ3v) is 0.867. The molecular weight excluding hydrogens is 236 g/mol. The molecule has 0 unspecified atom stereocenters. The summed E-state index contributed by atoms with van der Waals surface area (Å²) in [5.41, 5.74) is 2.52. The van der Waals surface area contributed by atoms with Gasteiger partial charge in [0.05, 0.1) is 0 Å². The number of carbonyl (C=O) groups excluding carboxylic acids is 2. The molecule has 88 valence electrons. The van der Waals surface area contributed by atoms with Crippen LogP contribution >= 0.6 is 0 Å². The molecule has 0 saturated heterocycles. The Morgan fingerprint density at radius 1 is 0.733 bits per heavy atom. The molecule has 0 aliphatic heterocycles. The van der Waals surface area contributed by atoms with E-state index in [1.165, 1.54) is 0 Å². The second-order valence-corrected chi connectivity index (χ2v) is 2.03. The Morgan fingerprint density at radius 3 is 1.20 bits per heavy atom. The van der Waals surface area contributed by atoms with Gasteiger partial charge in [-0.2, -0.15) is 26.3 Å². The fourth-order valence-electron chi connectivity index (χ4n) is 0.287. The van der Waals surface area contributed by atoms with E-state index in [-0.39, 0.29) is 0 Å². The molecule has 0 saturated carbocycles. The molecule has 0 aliphatic carbocycles. The Balaban J connectivity index is 3.92. The van der Waals surface area contributed by atoms with Crippen LogP contribution in [0, 0.1) is 0 Å². The van der Waals surface area contributed by atoms with E-state index < -0.39 is 24.2 Å². The standard InChI is InChI=1S/C4H3F6N3O2/c5-3(6,7)1(14)11-13-12-2(15)4(8,9)10/h13H,(H,11,14)(H,12,15). The van der Waals surface area contributed by atoms with Gasteiger partial charge in [-0.25, -0.2) is 0 Å². The third-order valence-electron chi connectivity index (χ3n) is 0.867. The zero-order valence-corrected chi connectivity index (χ0v) is 6.58. The summed E-state index contributed by atoms with van der Waals surface area (Å²) in [5.74, 6) is -5.10. The Hall–Kier alpha value is -1.52. The van der Waals surface area contributed by atoms with Gasteiger partial charge in [0.2, 0.25) is 0 Å². The minimum Gasteiger partial charge on any atom is -0.266 e. The predicted octanol–water partition coefficient (Wildman–Crippen LogP) is -0.237. The van der Waals surface area contributed by atoms with Crippen LogP contribution in [0.5, 0.6) is 0 Å². The third kappa shape index (κ3) is 5.05. The second kappa shape index (κ2) is 4.33. The van der Waals surface area contributed by atoms with Crippen LogP contribution in [0.15, 0.2) is 0 Å². The summed E-state index contributed by atoms with van der Waals surface area (Å²) in [4.78, 5) is 19.9. The number of hydrogen-bond donors (Lipinski definition) is 3. The zero-order valence-electron chi connectivity index (χ0n) is 6.58. The van der Waals surface area contributed by atoms with E-state index in [9.17, 15) is 35.9 Å². The zero-order chi connectivity index (χ0) is 12.3. The molecule has 0 aliphatic rings. The van der Waals surface area contributed by atoms with Gasteiger partial charge in [-0.3, -0.25) is 20.4 Å². The quantitative estimate of drug-likeness (QED) is 0.460. The van der Waals surface area contributed by atoms with Crippen LogP contribution < -0.4 is 16.4 Å². The van der Waals surface area contributed by atoms with Gasteiger partial charge >= 0.3 is 24.2 Å². The number of carbonyl (C=O) groups is 2. The van der Waals surface area contributed by atoms with Crippen LogP contribution in [-0.2, 0) is 9.59 Å². The highest BCUT2D eigenvalue weighted by atomic mass is 19.4. The van der Waals surface area contributed by atoms with Crippen LogP contribution in [0.1, 0.15) is 0 Å². The molecular formula is C4H3F6N3O2. The molecule has 3 N–H and O–H groups in total. The topological polar surface area (TPSA) is 70.2 Å². The predicted molar refractivity (Wildman–Crippen MR) is 31.5 cm³/mol. The first-order valence-electron chi connectivity index (χ1n) is 3.04. The van der Waals surface area contributed by atoms with E-state index in [4.69, 9.17) is 0 Å². The maximum Gasteiger partial charge on any atom is 0.472 e.